The highest BCUT2D eigenvalue weighted by molar-refractivity contribution is 6.22. The molecule has 26 heavy (non-hydrogen) atoms. The summed E-state index contributed by atoms with van der Waals surface area (Å²) in [4.78, 5) is 0. The van der Waals surface area contributed by atoms with Crippen molar-refractivity contribution >= 4 is 43.4 Å². The van der Waals surface area contributed by atoms with Crippen LogP contribution in [0, 0.1) is 0 Å². The fourth-order valence-corrected chi connectivity index (χ4v) is 4.19. The number of aromatic nitrogens is 1. The van der Waals surface area contributed by atoms with Crippen LogP contribution in [0.2, 0.25) is 0 Å². The molecule has 4 aromatic carbocycles. The smallest absolute Gasteiger partial charge is 0.0495 e. The summed E-state index contributed by atoms with van der Waals surface area (Å²) in [7, 11) is 2.17. The van der Waals surface area contributed by atoms with Crippen molar-refractivity contribution < 1.29 is 0 Å². The van der Waals surface area contributed by atoms with E-state index < -0.39 is 0 Å². The molecule has 5 rings (SSSR count). The standard InChI is InChI=1S/C25H23N/c1-25(2,3)19-10-12-22-21(15-19)24-20-14-17-8-6-5-7-16(17)13-18(20)9-11-23(24)26(22)4/h5-15H,1-4H3. The zero-order chi connectivity index (χ0) is 18.1. The van der Waals surface area contributed by atoms with Gasteiger partial charge >= 0.3 is 0 Å². The van der Waals surface area contributed by atoms with Gasteiger partial charge in [-0.2, -0.15) is 0 Å². The van der Waals surface area contributed by atoms with Crippen molar-refractivity contribution in [2.75, 3.05) is 0 Å². The molecule has 0 unspecified atom stereocenters. The van der Waals surface area contributed by atoms with E-state index >= 15 is 0 Å². The minimum Gasteiger partial charge on any atom is -0.344 e. The summed E-state index contributed by atoms with van der Waals surface area (Å²) in [6.07, 6.45) is 0. The highest BCUT2D eigenvalue weighted by Crippen LogP contribution is 2.37. The van der Waals surface area contributed by atoms with E-state index in [0.717, 1.165) is 0 Å². The van der Waals surface area contributed by atoms with Crippen LogP contribution in [0.5, 0.6) is 0 Å². The van der Waals surface area contributed by atoms with Crippen LogP contribution < -0.4 is 0 Å². The Kier molecular flexibility index (Phi) is 3.04. The molecule has 1 heteroatoms. The molecule has 0 spiro atoms. The first-order valence-corrected chi connectivity index (χ1v) is 9.28. The maximum absolute atomic E-state index is 2.40. The Hall–Kier alpha value is -2.80. The lowest BCUT2D eigenvalue weighted by Crippen LogP contribution is -2.10. The Labute approximate surface area is 153 Å². The first-order valence-electron chi connectivity index (χ1n) is 9.28. The Morgan fingerprint density at radius 2 is 1.35 bits per heavy atom. The molecule has 1 aromatic heterocycles. The molecular weight excluding hydrogens is 314 g/mol. The van der Waals surface area contributed by atoms with Crippen LogP contribution in [0.3, 0.4) is 0 Å². The van der Waals surface area contributed by atoms with E-state index in [1.54, 1.807) is 0 Å². The van der Waals surface area contributed by atoms with Gasteiger partial charge in [-0.1, -0.05) is 57.2 Å². The van der Waals surface area contributed by atoms with Crippen LogP contribution in [-0.4, -0.2) is 4.57 Å². The third-order valence-electron chi connectivity index (χ3n) is 5.72. The Morgan fingerprint density at radius 1 is 0.654 bits per heavy atom. The quantitative estimate of drug-likeness (QED) is 0.270. The Morgan fingerprint density at radius 3 is 2.08 bits per heavy atom. The van der Waals surface area contributed by atoms with Crippen molar-refractivity contribution in [3.63, 3.8) is 0 Å². The summed E-state index contributed by atoms with van der Waals surface area (Å²) >= 11 is 0. The first-order chi connectivity index (χ1) is 12.4. The molecule has 0 N–H and O–H groups in total. The fourth-order valence-electron chi connectivity index (χ4n) is 4.19. The molecule has 5 aromatic rings. The van der Waals surface area contributed by atoms with Crippen LogP contribution in [0.4, 0.5) is 0 Å². The van der Waals surface area contributed by atoms with Crippen LogP contribution in [0.15, 0.2) is 66.7 Å². The molecule has 1 nitrogen and oxygen atoms in total. The topological polar surface area (TPSA) is 4.93 Å². The summed E-state index contributed by atoms with van der Waals surface area (Å²) < 4.78 is 2.33. The van der Waals surface area contributed by atoms with E-state index in [1.807, 2.05) is 0 Å². The van der Waals surface area contributed by atoms with Gasteiger partial charge in [-0.3, -0.25) is 0 Å². The number of aryl methyl sites for hydroxylation is 1. The molecule has 1 heterocycles. The van der Waals surface area contributed by atoms with Gasteiger partial charge < -0.3 is 4.57 Å². The molecule has 128 valence electrons. The van der Waals surface area contributed by atoms with Gasteiger partial charge in [0.25, 0.3) is 0 Å². The maximum Gasteiger partial charge on any atom is 0.0495 e. The third kappa shape index (κ3) is 2.10. The van der Waals surface area contributed by atoms with Gasteiger partial charge in [0, 0.05) is 28.9 Å². The zero-order valence-electron chi connectivity index (χ0n) is 15.8. The lowest BCUT2D eigenvalue weighted by molar-refractivity contribution is 0.591. The monoisotopic (exact) mass is 337 g/mol. The van der Waals surface area contributed by atoms with Crippen molar-refractivity contribution in [1.82, 2.24) is 4.57 Å². The van der Waals surface area contributed by atoms with E-state index in [9.17, 15) is 0 Å². The van der Waals surface area contributed by atoms with E-state index in [4.69, 9.17) is 0 Å². The Balaban J connectivity index is 2.00. The van der Waals surface area contributed by atoms with Crippen molar-refractivity contribution in [1.29, 1.82) is 0 Å². The predicted octanol–water partition coefficient (Wildman–Crippen LogP) is 6.94. The molecule has 0 fully saturated rings. The Bertz CT molecular complexity index is 1310. The minimum absolute atomic E-state index is 0.146. The highest BCUT2D eigenvalue weighted by atomic mass is 14.9. The van der Waals surface area contributed by atoms with Crippen LogP contribution in [0.1, 0.15) is 26.3 Å². The average Bonchev–Trinajstić information content (AvgIpc) is 2.92. The van der Waals surface area contributed by atoms with Gasteiger partial charge in [-0.15, -0.1) is 0 Å². The molecule has 0 radical (unpaired) electrons. The first kappa shape index (κ1) is 15.5. The fraction of sp³-hybridized carbons (Fsp3) is 0.200. The lowest BCUT2D eigenvalue weighted by atomic mass is 9.86. The van der Waals surface area contributed by atoms with Gasteiger partial charge in [0.15, 0.2) is 0 Å². The molecule has 0 saturated carbocycles. The summed E-state index contributed by atoms with van der Waals surface area (Å²) in [6.45, 7) is 6.85. The summed E-state index contributed by atoms with van der Waals surface area (Å²) in [5.41, 5.74) is 4.13. The number of rotatable bonds is 0. The van der Waals surface area contributed by atoms with Gasteiger partial charge in [0.1, 0.15) is 0 Å². The van der Waals surface area contributed by atoms with Crippen molar-refractivity contribution in [3.8, 4) is 0 Å². The summed E-state index contributed by atoms with van der Waals surface area (Å²) in [6, 6.07) is 24.8. The molecular formula is C25H23N. The molecule has 0 aliphatic heterocycles. The number of benzene rings is 4. The van der Waals surface area contributed by atoms with Crippen LogP contribution in [-0.2, 0) is 12.5 Å². The van der Waals surface area contributed by atoms with Crippen molar-refractivity contribution in [2.45, 2.75) is 26.2 Å². The second-order valence-corrected chi connectivity index (χ2v) is 8.42. The van der Waals surface area contributed by atoms with E-state index in [0.29, 0.717) is 0 Å². The molecule has 0 amide bonds. The van der Waals surface area contributed by atoms with E-state index in [1.165, 1.54) is 48.9 Å². The molecule has 0 bridgehead atoms. The van der Waals surface area contributed by atoms with Gasteiger partial charge in [0.05, 0.1) is 0 Å². The largest absolute Gasteiger partial charge is 0.344 e. The third-order valence-corrected chi connectivity index (χ3v) is 5.72. The zero-order valence-corrected chi connectivity index (χ0v) is 15.8. The van der Waals surface area contributed by atoms with Crippen molar-refractivity contribution in [3.05, 3.63) is 72.3 Å². The number of nitrogens with zero attached hydrogens (tertiary/aromatic N) is 1. The number of fused-ring (bicyclic) bond motifs is 6. The van der Waals surface area contributed by atoms with Crippen molar-refractivity contribution in [2.24, 2.45) is 7.05 Å². The van der Waals surface area contributed by atoms with Gasteiger partial charge in [-0.25, -0.2) is 0 Å². The van der Waals surface area contributed by atoms with Crippen LogP contribution in [0.25, 0.3) is 43.4 Å². The predicted molar refractivity (Wildman–Crippen MR) is 114 cm³/mol. The SMILES string of the molecule is Cn1c2ccc(C(C)(C)C)cc2c2c3cc4ccccc4cc3ccc21. The molecule has 0 aliphatic rings. The van der Waals surface area contributed by atoms with E-state index in [-0.39, 0.29) is 5.41 Å². The molecule has 0 atom stereocenters. The average molecular weight is 337 g/mol. The maximum atomic E-state index is 2.40. The minimum atomic E-state index is 0.146. The second-order valence-electron chi connectivity index (χ2n) is 8.42. The normalized spacial score (nSPS) is 12.6. The summed E-state index contributed by atoms with van der Waals surface area (Å²) in [5.74, 6) is 0. The van der Waals surface area contributed by atoms with E-state index in [2.05, 4.69) is 99.1 Å². The molecule has 0 aliphatic carbocycles. The van der Waals surface area contributed by atoms with Gasteiger partial charge in [0.2, 0.25) is 0 Å². The lowest BCUT2D eigenvalue weighted by Gasteiger charge is -2.19. The highest BCUT2D eigenvalue weighted by Gasteiger charge is 2.17. The number of hydrogen-bond acceptors (Lipinski definition) is 0. The second kappa shape index (κ2) is 5.11. The van der Waals surface area contributed by atoms with Crippen LogP contribution >= 0.6 is 0 Å². The molecule has 0 saturated heterocycles. The number of hydrogen-bond donors (Lipinski definition) is 0. The summed E-state index contributed by atoms with van der Waals surface area (Å²) in [5, 5.41) is 7.99. The van der Waals surface area contributed by atoms with Gasteiger partial charge in [-0.05, 0) is 62.9 Å².